The van der Waals surface area contributed by atoms with E-state index in [1.165, 1.54) is 4.90 Å². The molecule has 1 aromatic heterocycles. The third-order valence-corrected chi connectivity index (χ3v) is 4.47. The average molecular weight is 358 g/mol. The molecule has 0 radical (unpaired) electrons. The Bertz CT molecular complexity index is 974. The molecule has 0 aliphatic carbocycles. The van der Waals surface area contributed by atoms with Crippen LogP contribution in [0.1, 0.15) is 10.5 Å². The zero-order chi connectivity index (χ0) is 18.6. The van der Waals surface area contributed by atoms with Crippen molar-refractivity contribution in [1.82, 2.24) is 20.4 Å². The first-order chi connectivity index (χ1) is 13.2. The number of carbonyl (C=O) groups is 2. The smallest absolute Gasteiger partial charge is 0.274 e. The molecule has 4 rings (SSSR count). The molecule has 0 spiro atoms. The molecule has 1 fully saturated rings. The van der Waals surface area contributed by atoms with Gasteiger partial charge in [0.1, 0.15) is 5.69 Å². The van der Waals surface area contributed by atoms with Gasteiger partial charge in [-0.15, -0.1) is 10.2 Å². The largest absolute Gasteiger partial charge is 0.353 e. The monoisotopic (exact) mass is 358 g/mol. The van der Waals surface area contributed by atoms with Gasteiger partial charge in [0.05, 0.1) is 6.54 Å². The second kappa shape index (κ2) is 7.37. The summed E-state index contributed by atoms with van der Waals surface area (Å²) in [5.74, 6) is -0.444. The molecule has 0 bridgehead atoms. The average Bonchev–Trinajstić information content (AvgIpc) is 2.74. The number of rotatable bonds is 3. The fourth-order valence-electron chi connectivity index (χ4n) is 3.12. The predicted molar refractivity (Wildman–Crippen MR) is 102 cm³/mol. The van der Waals surface area contributed by atoms with Crippen molar-refractivity contribution in [2.24, 2.45) is 0 Å². The highest BCUT2D eigenvalue weighted by Gasteiger charge is 2.24. The maximum Gasteiger partial charge on any atom is 0.274 e. The molecule has 0 atom stereocenters. The van der Waals surface area contributed by atoms with Gasteiger partial charge in [-0.05, 0) is 11.6 Å². The number of piperazine rings is 1. The number of benzene rings is 2. The maximum atomic E-state index is 12.8. The highest BCUT2D eigenvalue weighted by Crippen LogP contribution is 2.30. The van der Waals surface area contributed by atoms with E-state index in [0.717, 1.165) is 22.4 Å². The number of carbonyl (C=O) groups excluding carboxylic acids is 2. The number of hydrogen-bond acceptors (Lipinski definition) is 4. The Morgan fingerprint density at radius 1 is 0.926 bits per heavy atom. The van der Waals surface area contributed by atoms with Gasteiger partial charge >= 0.3 is 0 Å². The van der Waals surface area contributed by atoms with Gasteiger partial charge in [-0.1, -0.05) is 60.7 Å². The summed E-state index contributed by atoms with van der Waals surface area (Å²) in [6.07, 6.45) is 0. The van der Waals surface area contributed by atoms with Crippen molar-refractivity contribution < 1.29 is 9.59 Å². The molecule has 6 heteroatoms. The molecule has 2 aromatic carbocycles. The maximum absolute atomic E-state index is 12.8. The van der Waals surface area contributed by atoms with Crippen LogP contribution in [0, 0.1) is 0 Å². The molecule has 2 heterocycles. The van der Waals surface area contributed by atoms with Gasteiger partial charge in [-0.3, -0.25) is 9.59 Å². The van der Waals surface area contributed by atoms with Crippen LogP contribution >= 0.6 is 0 Å². The molecule has 0 saturated carbocycles. The molecular formula is C21H18N4O2. The van der Waals surface area contributed by atoms with Crippen molar-refractivity contribution in [3.8, 4) is 22.4 Å². The molecule has 27 heavy (non-hydrogen) atoms. The zero-order valence-electron chi connectivity index (χ0n) is 14.6. The molecule has 1 saturated heterocycles. The molecule has 6 nitrogen and oxygen atoms in total. The Morgan fingerprint density at radius 2 is 1.59 bits per heavy atom. The molecule has 0 unspecified atom stereocenters. The van der Waals surface area contributed by atoms with Crippen molar-refractivity contribution in [2.45, 2.75) is 0 Å². The van der Waals surface area contributed by atoms with Gasteiger partial charge < -0.3 is 10.2 Å². The Morgan fingerprint density at radius 3 is 2.26 bits per heavy atom. The van der Waals surface area contributed by atoms with Crippen molar-refractivity contribution in [1.29, 1.82) is 0 Å². The molecule has 1 aliphatic heterocycles. The molecule has 1 N–H and O–H groups in total. The standard InChI is InChI=1S/C21H18N4O2/c26-19-14-25(12-11-22-19)21(27)18-13-17(15-7-3-1-4-8-15)20(24-23-18)16-9-5-2-6-10-16/h1-10,13H,11-12,14H2,(H,22,26). The molecule has 1 aliphatic rings. The minimum absolute atomic E-state index is 0.0433. The minimum Gasteiger partial charge on any atom is -0.353 e. The second-order valence-electron chi connectivity index (χ2n) is 6.30. The fourth-order valence-corrected chi connectivity index (χ4v) is 3.12. The Hall–Kier alpha value is -3.54. The van der Waals surface area contributed by atoms with Gasteiger partial charge in [0.2, 0.25) is 5.91 Å². The van der Waals surface area contributed by atoms with Crippen LogP contribution in [0.5, 0.6) is 0 Å². The van der Waals surface area contributed by atoms with E-state index in [1.54, 1.807) is 6.07 Å². The summed E-state index contributed by atoms with van der Waals surface area (Å²) in [7, 11) is 0. The first-order valence-corrected chi connectivity index (χ1v) is 8.77. The summed E-state index contributed by atoms with van der Waals surface area (Å²) in [5.41, 5.74) is 3.68. The van der Waals surface area contributed by atoms with Gasteiger partial charge in [0, 0.05) is 24.2 Å². The molecule has 2 amide bonds. The van der Waals surface area contributed by atoms with Crippen molar-refractivity contribution in [3.05, 3.63) is 72.4 Å². The van der Waals surface area contributed by atoms with Crippen LogP contribution < -0.4 is 5.32 Å². The Balaban J connectivity index is 1.77. The lowest BCUT2D eigenvalue weighted by Crippen LogP contribution is -2.50. The van der Waals surface area contributed by atoms with E-state index < -0.39 is 0 Å². The number of aromatic nitrogens is 2. The molecular weight excluding hydrogens is 340 g/mol. The summed E-state index contributed by atoms with van der Waals surface area (Å²) < 4.78 is 0. The van der Waals surface area contributed by atoms with Crippen LogP contribution in [-0.2, 0) is 4.79 Å². The SMILES string of the molecule is O=C1CN(C(=O)c2cc(-c3ccccc3)c(-c3ccccc3)nn2)CCN1. The first-order valence-electron chi connectivity index (χ1n) is 8.77. The van der Waals surface area contributed by atoms with Gasteiger partial charge in [0.15, 0.2) is 5.69 Å². The van der Waals surface area contributed by atoms with Gasteiger partial charge in [-0.2, -0.15) is 0 Å². The van der Waals surface area contributed by atoms with Crippen LogP contribution in [0.15, 0.2) is 66.7 Å². The molecule has 3 aromatic rings. The highest BCUT2D eigenvalue weighted by molar-refractivity contribution is 5.97. The Kier molecular flexibility index (Phi) is 4.61. The van der Waals surface area contributed by atoms with E-state index >= 15 is 0 Å². The fraction of sp³-hybridized carbons (Fsp3) is 0.143. The van der Waals surface area contributed by atoms with Crippen molar-refractivity contribution in [2.75, 3.05) is 19.6 Å². The van der Waals surface area contributed by atoms with E-state index in [2.05, 4.69) is 15.5 Å². The quantitative estimate of drug-likeness (QED) is 0.780. The van der Waals surface area contributed by atoms with Crippen LogP contribution in [0.4, 0.5) is 0 Å². The topological polar surface area (TPSA) is 75.2 Å². The van der Waals surface area contributed by atoms with Crippen LogP contribution in [-0.4, -0.2) is 46.5 Å². The number of nitrogens with one attached hydrogen (secondary N) is 1. The lowest BCUT2D eigenvalue weighted by Gasteiger charge is -2.26. The van der Waals surface area contributed by atoms with Crippen molar-refractivity contribution >= 4 is 11.8 Å². The predicted octanol–water partition coefficient (Wildman–Crippen LogP) is 2.38. The Labute approximate surface area is 156 Å². The third-order valence-electron chi connectivity index (χ3n) is 4.47. The number of nitrogens with zero attached hydrogens (tertiary/aromatic N) is 3. The van der Waals surface area contributed by atoms with E-state index in [9.17, 15) is 9.59 Å². The summed E-state index contributed by atoms with van der Waals surface area (Å²) in [4.78, 5) is 25.9. The van der Waals surface area contributed by atoms with Gasteiger partial charge in [-0.25, -0.2) is 0 Å². The van der Waals surface area contributed by atoms with Crippen LogP contribution in [0.2, 0.25) is 0 Å². The van der Waals surface area contributed by atoms with E-state index in [4.69, 9.17) is 0 Å². The summed E-state index contributed by atoms with van der Waals surface area (Å²) in [6.45, 7) is 0.959. The number of amides is 2. The van der Waals surface area contributed by atoms with Crippen molar-refractivity contribution in [3.63, 3.8) is 0 Å². The summed E-state index contributed by atoms with van der Waals surface area (Å²) >= 11 is 0. The van der Waals surface area contributed by atoms with E-state index in [-0.39, 0.29) is 24.1 Å². The van der Waals surface area contributed by atoms with E-state index in [1.807, 2.05) is 60.7 Å². The zero-order valence-corrected chi connectivity index (χ0v) is 14.6. The summed E-state index contributed by atoms with van der Waals surface area (Å²) in [6, 6.07) is 21.3. The first kappa shape index (κ1) is 16.9. The van der Waals surface area contributed by atoms with E-state index in [0.29, 0.717) is 13.1 Å². The lowest BCUT2D eigenvalue weighted by molar-refractivity contribution is -0.123. The van der Waals surface area contributed by atoms with Gasteiger partial charge in [0.25, 0.3) is 5.91 Å². The number of hydrogen-bond donors (Lipinski definition) is 1. The third kappa shape index (κ3) is 3.55. The molecule has 134 valence electrons. The van der Waals surface area contributed by atoms with Crippen LogP contribution in [0.25, 0.3) is 22.4 Å². The second-order valence-corrected chi connectivity index (χ2v) is 6.30. The van der Waals surface area contributed by atoms with Crippen LogP contribution in [0.3, 0.4) is 0 Å². The lowest BCUT2D eigenvalue weighted by atomic mass is 9.99. The normalized spacial score (nSPS) is 13.9. The minimum atomic E-state index is -0.283. The summed E-state index contributed by atoms with van der Waals surface area (Å²) in [5, 5.41) is 11.2. The highest BCUT2D eigenvalue weighted by atomic mass is 16.2.